The number of amides is 1. The highest BCUT2D eigenvalue weighted by atomic mass is 19.1. The van der Waals surface area contributed by atoms with Crippen LogP contribution in [0.5, 0.6) is 0 Å². The van der Waals surface area contributed by atoms with Gasteiger partial charge in [-0.3, -0.25) is 10.1 Å². The Labute approximate surface area is 127 Å². The fourth-order valence-corrected chi connectivity index (χ4v) is 1.86. The normalized spacial score (nSPS) is 10.6. The molecular formula is C15H8F3N3O2. The van der Waals surface area contributed by atoms with Gasteiger partial charge in [0.25, 0.3) is 5.91 Å². The number of nitrogens with zero attached hydrogens (tertiary/aromatic N) is 2. The average molecular weight is 319 g/mol. The SMILES string of the molecule is O=C(Nc1nnc(-c2ccc(F)cc2)o1)c1c(F)cccc1F. The van der Waals surface area contributed by atoms with Gasteiger partial charge in [0.2, 0.25) is 5.89 Å². The molecule has 1 heterocycles. The van der Waals surface area contributed by atoms with Gasteiger partial charge in [0, 0.05) is 5.56 Å². The molecule has 116 valence electrons. The number of anilines is 1. The van der Waals surface area contributed by atoms with Crippen LogP contribution in [-0.2, 0) is 0 Å². The van der Waals surface area contributed by atoms with Crippen LogP contribution in [0, 0.1) is 17.5 Å². The predicted octanol–water partition coefficient (Wildman–Crippen LogP) is 3.41. The van der Waals surface area contributed by atoms with Crippen LogP contribution in [0.2, 0.25) is 0 Å². The number of benzene rings is 2. The van der Waals surface area contributed by atoms with Crippen LogP contribution in [0.3, 0.4) is 0 Å². The van der Waals surface area contributed by atoms with E-state index < -0.39 is 28.9 Å². The summed E-state index contributed by atoms with van der Waals surface area (Å²) in [7, 11) is 0. The molecule has 0 saturated carbocycles. The van der Waals surface area contributed by atoms with E-state index in [1.54, 1.807) is 0 Å². The molecule has 0 unspecified atom stereocenters. The van der Waals surface area contributed by atoms with Crippen molar-refractivity contribution in [3.05, 3.63) is 65.5 Å². The van der Waals surface area contributed by atoms with Crippen molar-refractivity contribution in [3.8, 4) is 11.5 Å². The summed E-state index contributed by atoms with van der Waals surface area (Å²) in [4.78, 5) is 11.9. The van der Waals surface area contributed by atoms with Crippen molar-refractivity contribution in [2.24, 2.45) is 0 Å². The van der Waals surface area contributed by atoms with Crippen LogP contribution >= 0.6 is 0 Å². The molecule has 1 aromatic heterocycles. The first-order valence-corrected chi connectivity index (χ1v) is 6.39. The zero-order valence-electron chi connectivity index (χ0n) is 11.4. The smallest absolute Gasteiger partial charge is 0.322 e. The predicted molar refractivity (Wildman–Crippen MR) is 74.0 cm³/mol. The first kappa shape index (κ1) is 14.8. The van der Waals surface area contributed by atoms with Gasteiger partial charge < -0.3 is 4.42 Å². The monoisotopic (exact) mass is 319 g/mol. The lowest BCUT2D eigenvalue weighted by atomic mass is 10.2. The van der Waals surface area contributed by atoms with Crippen LogP contribution < -0.4 is 5.32 Å². The maximum absolute atomic E-state index is 13.5. The standard InChI is InChI=1S/C15H8F3N3O2/c16-9-6-4-8(5-7-9)14-20-21-15(23-14)19-13(22)12-10(17)2-1-3-11(12)18/h1-7H,(H,19,21,22). The van der Waals surface area contributed by atoms with Crippen molar-refractivity contribution >= 4 is 11.9 Å². The molecule has 0 radical (unpaired) electrons. The van der Waals surface area contributed by atoms with Gasteiger partial charge in [-0.2, -0.15) is 0 Å². The van der Waals surface area contributed by atoms with Gasteiger partial charge in [-0.15, -0.1) is 5.10 Å². The summed E-state index contributed by atoms with van der Waals surface area (Å²) in [5.74, 6) is -3.50. The van der Waals surface area contributed by atoms with Crippen LogP contribution in [0.4, 0.5) is 19.2 Å². The molecule has 0 aliphatic carbocycles. The van der Waals surface area contributed by atoms with Gasteiger partial charge in [-0.25, -0.2) is 13.2 Å². The highest BCUT2D eigenvalue weighted by molar-refractivity contribution is 6.03. The zero-order valence-corrected chi connectivity index (χ0v) is 11.4. The van der Waals surface area contributed by atoms with Gasteiger partial charge in [0.1, 0.15) is 23.0 Å². The molecule has 5 nitrogen and oxygen atoms in total. The number of aromatic nitrogens is 2. The molecule has 3 rings (SSSR count). The Balaban J connectivity index is 1.82. The summed E-state index contributed by atoms with van der Waals surface area (Å²) >= 11 is 0. The van der Waals surface area contributed by atoms with Crippen LogP contribution in [-0.4, -0.2) is 16.1 Å². The zero-order chi connectivity index (χ0) is 16.4. The lowest BCUT2D eigenvalue weighted by Crippen LogP contribution is -2.16. The van der Waals surface area contributed by atoms with E-state index in [9.17, 15) is 18.0 Å². The number of carbonyl (C=O) groups is 1. The summed E-state index contributed by atoms with van der Waals surface area (Å²) in [6.45, 7) is 0. The third kappa shape index (κ3) is 3.05. The molecule has 2 aromatic carbocycles. The molecule has 8 heteroatoms. The van der Waals surface area contributed by atoms with Crippen LogP contribution in [0.1, 0.15) is 10.4 Å². The molecule has 0 aliphatic heterocycles. The number of hydrogen-bond donors (Lipinski definition) is 1. The number of carbonyl (C=O) groups excluding carboxylic acids is 1. The fourth-order valence-electron chi connectivity index (χ4n) is 1.86. The van der Waals surface area contributed by atoms with E-state index in [0.29, 0.717) is 5.56 Å². The second-order valence-electron chi connectivity index (χ2n) is 4.47. The van der Waals surface area contributed by atoms with Crippen LogP contribution in [0.15, 0.2) is 46.9 Å². The Kier molecular flexibility index (Phi) is 3.80. The van der Waals surface area contributed by atoms with Crippen molar-refractivity contribution in [3.63, 3.8) is 0 Å². The molecule has 1 amide bonds. The minimum Gasteiger partial charge on any atom is -0.403 e. The maximum atomic E-state index is 13.5. The molecule has 1 N–H and O–H groups in total. The Bertz CT molecular complexity index is 842. The largest absolute Gasteiger partial charge is 0.403 e. The van der Waals surface area contributed by atoms with E-state index in [2.05, 4.69) is 15.5 Å². The molecule has 0 atom stereocenters. The van der Waals surface area contributed by atoms with E-state index in [4.69, 9.17) is 4.42 Å². The molecule has 0 fully saturated rings. The lowest BCUT2D eigenvalue weighted by Gasteiger charge is -2.03. The van der Waals surface area contributed by atoms with Crippen molar-refractivity contribution in [2.45, 2.75) is 0 Å². The molecule has 0 bridgehead atoms. The Morgan fingerprint density at radius 2 is 1.61 bits per heavy atom. The topological polar surface area (TPSA) is 68.0 Å². The Morgan fingerprint density at radius 1 is 0.957 bits per heavy atom. The van der Waals surface area contributed by atoms with Crippen molar-refractivity contribution in [2.75, 3.05) is 5.32 Å². The Hall–Kier alpha value is -3.16. The van der Waals surface area contributed by atoms with E-state index in [-0.39, 0.29) is 11.9 Å². The average Bonchev–Trinajstić information content (AvgIpc) is 2.96. The maximum Gasteiger partial charge on any atom is 0.322 e. The van der Waals surface area contributed by atoms with Gasteiger partial charge in [-0.1, -0.05) is 11.2 Å². The lowest BCUT2D eigenvalue weighted by molar-refractivity contribution is 0.101. The summed E-state index contributed by atoms with van der Waals surface area (Å²) in [5.41, 5.74) is -0.328. The fraction of sp³-hybridized carbons (Fsp3) is 0. The second-order valence-corrected chi connectivity index (χ2v) is 4.47. The van der Waals surface area contributed by atoms with Crippen molar-refractivity contribution < 1.29 is 22.4 Å². The number of hydrogen-bond acceptors (Lipinski definition) is 4. The van der Waals surface area contributed by atoms with Crippen molar-refractivity contribution in [1.29, 1.82) is 0 Å². The van der Waals surface area contributed by atoms with Crippen molar-refractivity contribution in [1.82, 2.24) is 10.2 Å². The van der Waals surface area contributed by atoms with E-state index in [0.717, 1.165) is 18.2 Å². The third-order valence-electron chi connectivity index (χ3n) is 2.93. The third-order valence-corrected chi connectivity index (χ3v) is 2.93. The minimum atomic E-state index is -1.06. The summed E-state index contributed by atoms with van der Waals surface area (Å²) in [6.07, 6.45) is 0. The van der Waals surface area contributed by atoms with E-state index in [1.807, 2.05) is 0 Å². The second kappa shape index (κ2) is 5.91. The minimum absolute atomic E-state index is 0.0225. The molecule has 0 spiro atoms. The van der Waals surface area contributed by atoms with Crippen LogP contribution in [0.25, 0.3) is 11.5 Å². The molecule has 0 aliphatic rings. The summed E-state index contributed by atoms with van der Waals surface area (Å²) < 4.78 is 45.0. The van der Waals surface area contributed by atoms with E-state index in [1.165, 1.54) is 24.3 Å². The first-order chi connectivity index (χ1) is 11.0. The first-order valence-electron chi connectivity index (χ1n) is 6.39. The molecular weight excluding hydrogens is 311 g/mol. The number of rotatable bonds is 3. The molecule has 0 saturated heterocycles. The number of halogens is 3. The highest BCUT2D eigenvalue weighted by Gasteiger charge is 2.19. The summed E-state index contributed by atoms with van der Waals surface area (Å²) in [6, 6.07) is 7.93. The van der Waals surface area contributed by atoms with Gasteiger partial charge >= 0.3 is 6.01 Å². The van der Waals surface area contributed by atoms with Gasteiger partial charge in [0.05, 0.1) is 0 Å². The van der Waals surface area contributed by atoms with Gasteiger partial charge in [-0.05, 0) is 36.4 Å². The highest BCUT2D eigenvalue weighted by Crippen LogP contribution is 2.21. The van der Waals surface area contributed by atoms with Gasteiger partial charge in [0.15, 0.2) is 0 Å². The Morgan fingerprint density at radius 3 is 2.26 bits per heavy atom. The van der Waals surface area contributed by atoms with E-state index >= 15 is 0 Å². The summed E-state index contributed by atoms with van der Waals surface area (Å²) in [5, 5.41) is 9.33. The number of nitrogens with one attached hydrogen (secondary N) is 1. The molecule has 3 aromatic rings. The molecule has 23 heavy (non-hydrogen) atoms. The quantitative estimate of drug-likeness (QED) is 0.803.